The zero-order chi connectivity index (χ0) is 10.1. The molecule has 0 saturated carbocycles. The van der Waals surface area contributed by atoms with Crippen molar-refractivity contribution in [3.63, 3.8) is 0 Å². The predicted octanol–water partition coefficient (Wildman–Crippen LogP) is 3.32. The number of rotatable bonds is 3. The smallest absolute Gasteiger partial charge is 0.265 e. The highest BCUT2D eigenvalue weighted by Crippen LogP contribution is 2.35. The summed E-state index contributed by atoms with van der Waals surface area (Å²) in [4.78, 5) is 0.556. The van der Waals surface area contributed by atoms with Crippen molar-refractivity contribution in [2.75, 3.05) is 7.05 Å². The molecular weight excluding hydrogens is 216 g/mol. The molecule has 74 valence electrons. The summed E-state index contributed by atoms with van der Waals surface area (Å²) >= 11 is 6.83. The predicted molar refractivity (Wildman–Crippen MR) is 51.8 cm³/mol. The van der Waals surface area contributed by atoms with Crippen LogP contribution in [0.15, 0.2) is 12.1 Å². The molecule has 1 N–H and O–H groups in total. The summed E-state index contributed by atoms with van der Waals surface area (Å²) in [5.74, 6) is -2.77. The molecule has 0 aromatic carbocycles. The van der Waals surface area contributed by atoms with Crippen LogP contribution in [0.25, 0.3) is 0 Å². The molecule has 1 atom stereocenters. The van der Waals surface area contributed by atoms with Gasteiger partial charge >= 0.3 is 0 Å². The minimum Gasteiger partial charge on any atom is -0.307 e. The number of alkyl halides is 2. The van der Waals surface area contributed by atoms with E-state index in [9.17, 15) is 8.78 Å². The SMILES string of the molecule is CNC(c1ccc(Cl)s1)C(C)(F)F. The maximum atomic E-state index is 13.0. The van der Waals surface area contributed by atoms with Gasteiger partial charge in [-0.15, -0.1) is 11.3 Å². The Bertz CT molecular complexity index is 282. The normalized spacial score (nSPS) is 14.5. The highest BCUT2D eigenvalue weighted by atomic mass is 35.5. The molecule has 0 aliphatic heterocycles. The first kappa shape index (κ1) is 10.9. The van der Waals surface area contributed by atoms with E-state index in [0.29, 0.717) is 9.21 Å². The summed E-state index contributed by atoms with van der Waals surface area (Å²) in [6.07, 6.45) is 0. The Balaban J connectivity index is 2.91. The highest BCUT2D eigenvalue weighted by Gasteiger charge is 2.34. The van der Waals surface area contributed by atoms with Crippen LogP contribution in [0.2, 0.25) is 4.34 Å². The molecule has 0 aliphatic rings. The van der Waals surface area contributed by atoms with Gasteiger partial charge in [-0.2, -0.15) is 0 Å². The summed E-state index contributed by atoms with van der Waals surface area (Å²) in [5, 5.41) is 2.57. The largest absolute Gasteiger partial charge is 0.307 e. The first-order valence-electron chi connectivity index (χ1n) is 3.75. The Morgan fingerprint density at radius 2 is 2.15 bits per heavy atom. The van der Waals surface area contributed by atoms with E-state index < -0.39 is 12.0 Å². The third kappa shape index (κ3) is 2.62. The molecule has 13 heavy (non-hydrogen) atoms. The fourth-order valence-corrected chi connectivity index (χ4v) is 2.40. The van der Waals surface area contributed by atoms with Gasteiger partial charge in [0, 0.05) is 11.8 Å². The molecule has 0 spiro atoms. The van der Waals surface area contributed by atoms with Crippen LogP contribution in [0.3, 0.4) is 0 Å². The van der Waals surface area contributed by atoms with Crippen molar-refractivity contribution in [2.45, 2.75) is 18.9 Å². The number of hydrogen-bond donors (Lipinski definition) is 1. The lowest BCUT2D eigenvalue weighted by Crippen LogP contribution is -2.31. The zero-order valence-electron chi connectivity index (χ0n) is 7.27. The molecule has 1 aromatic rings. The van der Waals surface area contributed by atoms with Gasteiger partial charge in [0.2, 0.25) is 0 Å². The van der Waals surface area contributed by atoms with Crippen LogP contribution < -0.4 is 5.32 Å². The molecule has 0 saturated heterocycles. The average molecular weight is 226 g/mol. The topological polar surface area (TPSA) is 12.0 Å². The molecule has 1 unspecified atom stereocenters. The van der Waals surface area contributed by atoms with Crippen LogP contribution in [0, 0.1) is 0 Å². The van der Waals surface area contributed by atoms with Gasteiger partial charge in [0.1, 0.15) is 6.04 Å². The fraction of sp³-hybridized carbons (Fsp3) is 0.500. The van der Waals surface area contributed by atoms with Crippen molar-refractivity contribution in [3.8, 4) is 0 Å². The van der Waals surface area contributed by atoms with E-state index in [1.807, 2.05) is 0 Å². The quantitative estimate of drug-likeness (QED) is 0.832. The maximum absolute atomic E-state index is 13.0. The fourth-order valence-electron chi connectivity index (χ4n) is 1.13. The number of halogens is 3. The van der Waals surface area contributed by atoms with Gasteiger partial charge in [-0.3, -0.25) is 0 Å². The molecule has 1 nitrogen and oxygen atoms in total. The monoisotopic (exact) mass is 225 g/mol. The molecule has 0 bridgehead atoms. The number of hydrogen-bond acceptors (Lipinski definition) is 2. The van der Waals surface area contributed by atoms with Gasteiger partial charge in [-0.25, -0.2) is 8.78 Å². The van der Waals surface area contributed by atoms with Crippen molar-refractivity contribution in [1.29, 1.82) is 0 Å². The van der Waals surface area contributed by atoms with E-state index in [0.717, 1.165) is 6.92 Å². The Labute approximate surface area is 84.7 Å². The molecule has 0 aliphatic carbocycles. The molecule has 1 heterocycles. The Kier molecular flexibility index (Phi) is 3.27. The first-order valence-corrected chi connectivity index (χ1v) is 4.95. The van der Waals surface area contributed by atoms with Gasteiger partial charge < -0.3 is 5.32 Å². The molecule has 0 fully saturated rings. The molecule has 1 rings (SSSR count). The van der Waals surface area contributed by atoms with Crippen molar-refractivity contribution in [2.24, 2.45) is 0 Å². The van der Waals surface area contributed by atoms with Crippen molar-refractivity contribution in [1.82, 2.24) is 5.32 Å². The standard InChI is InChI=1S/C8H10ClF2NS/c1-8(10,11)7(12-2)5-3-4-6(9)13-5/h3-4,7,12H,1-2H3. The van der Waals surface area contributed by atoms with Gasteiger partial charge in [-0.1, -0.05) is 11.6 Å². The lowest BCUT2D eigenvalue weighted by Gasteiger charge is -2.21. The second kappa shape index (κ2) is 3.90. The molecule has 5 heteroatoms. The molecule has 1 aromatic heterocycles. The Hall–Kier alpha value is -0.190. The van der Waals surface area contributed by atoms with Crippen molar-refractivity contribution < 1.29 is 8.78 Å². The third-order valence-electron chi connectivity index (χ3n) is 1.67. The van der Waals surface area contributed by atoms with Crippen LogP contribution in [-0.4, -0.2) is 13.0 Å². The van der Waals surface area contributed by atoms with E-state index in [1.165, 1.54) is 18.4 Å². The zero-order valence-corrected chi connectivity index (χ0v) is 8.85. The summed E-state index contributed by atoms with van der Waals surface area (Å²) in [6.45, 7) is 0.891. The van der Waals surface area contributed by atoms with E-state index >= 15 is 0 Å². The Morgan fingerprint density at radius 3 is 2.46 bits per heavy atom. The van der Waals surface area contributed by atoms with Crippen LogP contribution in [0.4, 0.5) is 8.78 Å². The van der Waals surface area contributed by atoms with Crippen LogP contribution in [-0.2, 0) is 0 Å². The van der Waals surface area contributed by atoms with E-state index in [2.05, 4.69) is 5.32 Å². The van der Waals surface area contributed by atoms with Crippen LogP contribution in [0.1, 0.15) is 17.8 Å². The van der Waals surface area contributed by atoms with Crippen molar-refractivity contribution in [3.05, 3.63) is 21.3 Å². The molecular formula is C8H10ClF2NS. The average Bonchev–Trinajstić information content (AvgIpc) is 2.34. The lowest BCUT2D eigenvalue weighted by molar-refractivity contribution is -0.0157. The summed E-state index contributed by atoms with van der Waals surface area (Å²) in [6, 6.07) is 2.29. The molecule has 0 amide bonds. The Morgan fingerprint density at radius 1 is 1.54 bits per heavy atom. The summed E-state index contributed by atoms with van der Waals surface area (Å²) < 4.78 is 26.5. The minimum absolute atomic E-state index is 0.527. The first-order chi connectivity index (χ1) is 5.95. The van der Waals surface area contributed by atoms with E-state index in [1.54, 1.807) is 12.1 Å². The maximum Gasteiger partial charge on any atom is 0.265 e. The van der Waals surface area contributed by atoms with E-state index in [-0.39, 0.29) is 0 Å². The lowest BCUT2D eigenvalue weighted by atomic mass is 10.1. The van der Waals surface area contributed by atoms with E-state index in [4.69, 9.17) is 11.6 Å². The highest BCUT2D eigenvalue weighted by molar-refractivity contribution is 7.16. The second-order valence-electron chi connectivity index (χ2n) is 2.82. The van der Waals surface area contributed by atoms with Gasteiger partial charge in [-0.05, 0) is 19.2 Å². The summed E-state index contributed by atoms with van der Waals surface area (Å²) in [7, 11) is 1.51. The van der Waals surface area contributed by atoms with Gasteiger partial charge in [0.25, 0.3) is 5.92 Å². The minimum atomic E-state index is -2.77. The van der Waals surface area contributed by atoms with Gasteiger partial charge in [0.05, 0.1) is 4.34 Å². The summed E-state index contributed by atoms with van der Waals surface area (Å²) in [5.41, 5.74) is 0. The van der Waals surface area contributed by atoms with Gasteiger partial charge in [0.15, 0.2) is 0 Å². The number of thiophene rings is 1. The molecule has 0 radical (unpaired) electrons. The number of nitrogens with one attached hydrogen (secondary N) is 1. The third-order valence-corrected chi connectivity index (χ3v) is 2.97. The van der Waals surface area contributed by atoms with Crippen LogP contribution in [0.5, 0.6) is 0 Å². The van der Waals surface area contributed by atoms with Crippen LogP contribution >= 0.6 is 22.9 Å². The second-order valence-corrected chi connectivity index (χ2v) is 4.57. The van der Waals surface area contributed by atoms with Crippen molar-refractivity contribution >= 4 is 22.9 Å².